The minimum absolute atomic E-state index is 0.104. The molecule has 4 atom stereocenters. The van der Waals surface area contributed by atoms with Crippen LogP contribution in [0, 0.1) is 0 Å². The van der Waals surface area contributed by atoms with Gasteiger partial charge in [-0.1, -0.05) is 51.9 Å². The van der Waals surface area contributed by atoms with Crippen molar-refractivity contribution in [3.8, 4) is 0 Å². The van der Waals surface area contributed by atoms with E-state index in [1.54, 1.807) is 0 Å². The Morgan fingerprint density at radius 2 is 1.23 bits per heavy atom. The number of hydrogen-bond donors (Lipinski definition) is 5. The molecular formula is C16H34O6. The molecule has 0 saturated carbocycles. The van der Waals surface area contributed by atoms with Crippen molar-refractivity contribution in [2.45, 2.75) is 82.7 Å². The molecule has 0 saturated heterocycles. The highest BCUT2D eigenvalue weighted by Gasteiger charge is 2.29. The van der Waals surface area contributed by atoms with E-state index in [0.717, 1.165) is 12.8 Å². The predicted molar refractivity (Wildman–Crippen MR) is 84.5 cm³/mol. The van der Waals surface area contributed by atoms with Crippen molar-refractivity contribution in [3.05, 3.63) is 0 Å². The first kappa shape index (κ1) is 21.8. The molecule has 134 valence electrons. The molecule has 0 rings (SSSR count). The predicted octanol–water partition coefficient (Wildman–Crippen LogP) is 0.580. The monoisotopic (exact) mass is 322 g/mol. The molecule has 22 heavy (non-hydrogen) atoms. The maximum Gasteiger partial charge on any atom is 0.111 e. The van der Waals surface area contributed by atoms with Crippen molar-refractivity contribution in [2.24, 2.45) is 0 Å². The Kier molecular flexibility index (Phi) is 14.2. The summed E-state index contributed by atoms with van der Waals surface area (Å²) >= 11 is 0. The summed E-state index contributed by atoms with van der Waals surface area (Å²) in [7, 11) is 0. The van der Waals surface area contributed by atoms with Gasteiger partial charge in [-0.25, -0.2) is 0 Å². The summed E-state index contributed by atoms with van der Waals surface area (Å²) in [6, 6.07) is 0. The lowest BCUT2D eigenvalue weighted by Crippen LogP contribution is -2.47. The van der Waals surface area contributed by atoms with Crippen LogP contribution in [-0.4, -0.2) is 69.8 Å². The van der Waals surface area contributed by atoms with Crippen molar-refractivity contribution in [2.75, 3.05) is 19.8 Å². The molecule has 0 spiro atoms. The van der Waals surface area contributed by atoms with E-state index >= 15 is 0 Å². The third-order valence-electron chi connectivity index (χ3n) is 3.76. The minimum atomic E-state index is -1.59. The molecule has 6 heteroatoms. The molecule has 4 unspecified atom stereocenters. The Morgan fingerprint density at radius 1 is 0.727 bits per heavy atom. The van der Waals surface area contributed by atoms with Gasteiger partial charge in [-0.05, 0) is 6.42 Å². The van der Waals surface area contributed by atoms with Gasteiger partial charge in [0.2, 0.25) is 0 Å². The fraction of sp³-hybridized carbons (Fsp3) is 1.00. The van der Waals surface area contributed by atoms with Crippen LogP contribution in [0.25, 0.3) is 0 Å². The lowest BCUT2D eigenvalue weighted by molar-refractivity contribution is -0.129. The number of rotatable bonds is 15. The number of ether oxygens (including phenoxy) is 1. The summed E-state index contributed by atoms with van der Waals surface area (Å²) in [5.74, 6) is 0. The number of unbranched alkanes of at least 4 members (excludes halogenated alkanes) is 7. The van der Waals surface area contributed by atoms with Gasteiger partial charge in [-0.3, -0.25) is 0 Å². The first-order valence-electron chi connectivity index (χ1n) is 8.45. The highest BCUT2D eigenvalue weighted by Crippen LogP contribution is 2.09. The molecule has 0 aromatic rings. The van der Waals surface area contributed by atoms with Gasteiger partial charge in [-0.15, -0.1) is 0 Å². The van der Waals surface area contributed by atoms with Crippen molar-refractivity contribution >= 4 is 0 Å². The molecule has 0 amide bonds. The lowest BCUT2D eigenvalue weighted by Gasteiger charge is -2.25. The summed E-state index contributed by atoms with van der Waals surface area (Å²) in [4.78, 5) is 0. The zero-order valence-corrected chi connectivity index (χ0v) is 13.7. The van der Waals surface area contributed by atoms with Crippen LogP contribution in [0.5, 0.6) is 0 Å². The van der Waals surface area contributed by atoms with Gasteiger partial charge in [0, 0.05) is 6.61 Å². The molecule has 0 aliphatic carbocycles. The Hall–Kier alpha value is -0.240. The molecule has 0 fully saturated rings. The highest BCUT2D eigenvalue weighted by molar-refractivity contribution is 4.80. The fourth-order valence-corrected chi connectivity index (χ4v) is 2.20. The van der Waals surface area contributed by atoms with E-state index in [1.165, 1.54) is 38.5 Å². The summed E-state index contributed by atoms with van der Waals surface area (Å²) < 4.78 is 5.26. The molecule has 0 radical (unpaired) electrons. The van der Waals surface area contributed by atoms with Gasteiger partial charge in [0.1, 0.15) is 24.4 Å². The Bertz CT molecular complexity index is 239. The zero-order chi connectivity index (χ0) is 16.8. The fourth-order valence-electron chi connectivity index (χ4n) is 2.20. The Balaban J connectivity index is 3.50. The van der Waals surface area contributed by atoms with Gasteiger partial charge in [0.15, 0.2) is 0 Å². The maximum absolute atomic E-state index is 9.63. The molecular weight excluding hydrogens is 288 g/mol. The van der Waals surface area contributed by atoms with Crippen LogP contribution in [0.2, 0.25) is 0 Å². The molecule has 0 bridgehead atoms. The first-order chi connectivity index (χ1) is 10.5. The van der Waals surface area contributed by atoms with E-state index in [9.17, 15) is 20.4 Å². The van der Waals surface area contributed by atoms with Crippen LogP contribution in [0.1, 0.15) is 58.3 Å². The van der Waals surface area contributed by atoms with Crippen LogP contribution in [0.3, 0.4) is 0 Å². The molecule has 5 N–H and O–H groups in total. The van der Waals surface area contributed by atoms with Crippen LogP contribution in [-0.2, 0) is 4.74 Å². The number of aliphatic hydroxyl groups is 5. The number of hydrogen-bond acceptors (Lipinski definition) is 6. The SMILES string of the molecule is CCCCCCCCCCOCC(O)C(O)C(O)C(O)CO. The molecule has 0 aromatic carbocycles. The smallest absolute Gasteiger partial charge is 0.111 e. The molecule has 0 aliphatic rings. The summed E-state index contributed by atoms with van der Waals surface area (Å²) in [5.41, 5.74) is 0. The van der Waals surface area contributed by atoms with Crippen molar-refractivity contribution in [1.82, 2.24) is 0 Å². The Morgan fingerprint density at radius 3 is 1.77 bits per heavy atom. The van der Waals surface area contributed by atoms with Crippen LogP contribution < -0.4 is 0 Å². The van der Waals surface area contributed by atoms with Crippen molar-refractivity contribution in [3.63, 3.8) is 0 Å². The van der Waals surface area contributed by atoms with Gasteiger partial charge in [0.05, 0.1) is 13.2 Å². The second kappa shape index (κ2) is 14.4. The van der Waals surface area contributed by atoms with Gasteiger partial charge in [-0.2, -0.15) is 0 Å². The quantitative estimate of drug-likeness (QED) is 0.282. The summed E-state index contributed by atoms with van der Waals surface area (Å²) in [6.07, 6.45) is 3.66. The number of aliphatic hydroxyl groups excluding tert-OH is 5. The first-order valence-corrected chi connectivity index (χ1v) is 8.45. The van der Waals surface area contributed by atoms with Crippen LogP contribution in [0.4, 0.5) is 0 Å². The molecule has 6 nitrogen and oxygen atoms in total. The van der Waals surface area contributed by atoms with Crippen molar-refractivity contribution in [1.29, 1.82) is 0 Å². The van der Waals surface area contributed by atoms with E-state index in [4.69, 9.17) is 9.84 Å². The van der Waals surface area contributed by atoms with E-state index < -0.39 is 31.0 Å². The second-order valence-electron chi connectivity index (χ2n) is 5.85. The van der Waals surface area contributed by atoms with E-state index in [-0.39, 0.29) is 6.61 Å². The maximum atomic E-state index is 9.63. The standard InChI is InChI=1S/C16H34O6/c1-2-3-4-5-6-7-8-9-10-22-12-14(19)16(21)15(20)13(18)11-17/h13-21H,2-12H2,1H3. The van der Waals surface area contributed by atoms with Gasteiger partial charge >= 0.3 is 0 Å². The van der Waals surface area contributed by atoms with E-state index in [1.807, 2.05) is 0 Å². The largest absolute Gasteiger partial charge is 0.394 e. The minimum Gasteiger partial charge on any atom is -0.394 e. The third kappa shape index (κ3) is 10.5. The molecule has 0 aromatic heterocycles. The topological polar surface area (TPSA) is 110 Å². The van der Waals surface area contributed by atoms with Crippen LogP contribution in [0.15, 0.2) is 0 Å². The van der Waals surface area contributed by atoms with Gasteiger partial charge < -0.3 is 30.3 Å². The summed E-state index contributed by atoms with van der Waals surface area (Å²) in [5, 5.41) is 46.5. The van der Waals surface area contributed by atoms with Crippen molar-refractivity contribution < 1.29 is 30.3 Å². The van der Waals surface area contributed by atoms with E-state index in [0.29, 0.717) is 6.61 Å². The highest BCUT2D eigenvalue weighted by atomic mass is 16.5. The van der Waals surface area contributed by atoms with E-state index in [2.05, 4.69) is 6.92 Å². The zero-order valence-electron chi connectivity index (χ0n) is 13.7. The average Bonchev–Trinajstić information content (AvgIpc) is 2.54. The summed E-state index contributed by atoms with van der Waals surface area (Å²) in [6.45, 7) is 1.92. The normalized spacial score (nSPS) is 17.2. The Labute approximate surface area is 133 Å². The third-order valence-corrected chi connectivity index (χ3v) is 3.76. The van der Waals surface area contributed by atoms with Crippen LogP contribution >= 0.6 is 0 Å². The lowest BCUT2D eigenvalue weighted by atomic mass is 10.0. The molecule has 0 heterocycles. The average molecular weight is 322 g/mol. The molecule has 0 aliphatic heterocycles. The second-order valence-corrected chi connectivity index (χ2v) is 5.85. The van der Waals surface area contributed by atoms with Gasteiger partial charge in [0.25, 0.3) is 0 Å².